The molecule has 0 aliphatic rings. The third-order valence-electron chi connectivity index (χ3n) is 12.0. The molecule has 358 valence electrons. The Balaban J connectivity index is 4.10. The van der Waals surface area contributed by atoms with Crippen LogP contribution in [-0.4, -0.2) is 37.2 Å². The number of rotatable bonds is 49. The van der Waals surface area contributed by atoms with Crippen LogP contribution in [0.4, 0.5) is 0 Å². The van der Waals surface area contributed by atoms with Crippen LogP contribution in [-0.2, 0) is 28.6 Å². The first-order valence-corrected chi connectivity index (χ1v) is 26.8. The Bertz CT molecular complexity index is 989. The van der Waals surface area contributed by atoms with Crippen LogP contribution in [0.2, 0.25) is 0 Å². The fourth-order valence-electron chi connectivity index (χ4n) is 7.89. The second-order valence-electron chi connectivity index (χ2n) is 18.2. The highest BCUT2D eigenvalue weighted by Crippen LogP contribution is 2.16. The number of esters is 3. The number of allylic oxidation sites excluding steroid dienone is 4. The van der Waals surface area contributed by atoms with Gasteiger partial charge in [-0.25, -0.2) is 0 Å². The van der Waals surface area contributed by atoms with Crippen molar-refractivity contribution in [3.8, 4) is 0 Å². The van der Waals surface area contributed by atoms with Crippen LogP contribution in [0.25, 0.3) is 0 Å². The topological polar surface area (TPSA) is 78.9 Å². The van der Waals surface area contributed by atoms with Gasteiger partial charge in [0.05, 0.1) is 0 Å². The standard InChI is InChI=1S/C55H102O6/c1-4-7-10-13-15-17-19-21-23-25-27-29-31-33-35-37-39-42-45-48-54(57)60-51-52(50-59-53(56)47-44-41-12-9-6-3)61-55(58)49-46-43-40-38-36-34-32-30-28-26-24-22-20-18-16-14-11-8-5-2/h15,17,21,23,52H,4-14,16,18-20,22,24-51H2,1-3H3/b17-15-,23-21-. The van der Waals surface area contributed by atoms with Gasteiger partial charge in [0.15, 0.2) is 6.10 Å². The van der Waals surface area contributed by atoms with Gasteiger partial charge in [-0.1, -0.05) is 244 Å². The largest absolute Gasteiger partial charge is 0.462 e. The van der Waals surface area contributed by atoms with Gasteiger partial charge in [-0.2, -0.15) is 0 Å². The summed E-state index contributed by atoms with van der Waals surface area (Å²) in [7, 11) is 0. The fraction of sp³-hybridized carbons (Fsp3) is 0.873. The molecule has 0 aromatic heterocycles. The Morgan fingerprint density at radius 2 is 0.590 bits per heavy atom. The van der Waals surface area contributed by atoms with E-state index in [9.17, 15) is 14.4 Å². The van der Waals surface area contributed by atoms with Crippen molar-refractivity contribution in [2.24, 2.45) is 0 Å². The number of carbonyl (C=O) groups excluding carboxylic acids is 3. The lowest BCUT2D eigenvalue weighted by molar-refractivity contribution is -0.167. The number of hydrogen-bond acceptors (Lipinski definition) is 6. The first-order valence-electron chi connectivity index (χ1n) is 26.8. The van der Waals surface area contributed by atoms with Crippen molar-refractivity contribution in [1.82, 2.24) is 0 Å². The van der Waals surface area contributed by atoms with Gasteiger partial charge >= 0.3 is 17.9 Å². The molecule has 0 spiro atoms. The Morgan fingerprint density at radius 1 is 0.328 bits per heavy atom. The Hall–Kier alpha value is -2.11. The summed E-state index contributed by atoms with van der Waals surface area (Å²) >= 11 is 0. The molecule has 0 fully saturated rings. The van der Waals surface area contributed by atoms with Crippen LogP contribution < -0.4 is 0 Å². The molecule has 0 aromatic rings. The fourth-order valence-corrected chi connectivity index (χ4v) is 7.89. The molecule has 6 heteroatoms. The van der Waals surface area contributed by atoms with Crippen molar-refractivity contribution in [2.75, 3.05) is 13.2 Å². The molecule has 6 nitrogen and oxygen atoms in total. The van der Waals surface area contributed by atoms with Gasteiger partial charge < -0.3 is 14.2 Å². The average Bonchev–Trinajstić information content (AvgIpc) is 3.26. The first kappa shape index (κ1) is 58.9. The third kappa shape index (κ3) is 48.8. The van der Waals surface area contributed by atoms with E-state index >= 15 is 0 Å². The van der Waals surface area contributed by atoms with Crippen LogP contribution >= 0.6 is 0 Å². The zero-order valence-electron chi connectivity index (χ0n) is 40.9. The van der Waals surface area contributed by atoms with Crippen LogP contribution in [0.5, 0.6) is 0 Å². The van der Waals surface area contributed by atoms with Crippen LogP contribution in [0.3, 0.4) is 0 Å². The summed E-state index contributed by atoms with van der Waals surface area (Å²) in [4.78, 5) is 37.7. The molecule has 1 atom stereocenters. The quantitative estimate of drug-likeness (QED) is 0.0262. The van der Waals surface area contributed by atoms with Gasteiger partial charge in [-0.3, -0.25) is 14.4 Å². The summed E-state index contributed by atoms with van der Waals surface area (Å²) in [5.41, 5.74) is 0. The van der Waals surface area contributed by atoms with Gasteiger partial charge in [-0.05, 0) is 51.4 Å². The van der Waals surface area contributed by atoms with E-state index < -0.39 is 6.10 Å². The second kappa shape index (κ2) is 50.5. The molecular formula is C55H102O6. The Labute approximate surface area is 379 Å². The summed E-state index contributed by atoms with van der Waals surface area (Å²) in [5, 5.41) is 0. The van der Waals surface area contributed by atoms with E-state index in [-0.39, 0.29) is 31.1 Å². The molecule has 0 amide bonds. The molecule has 0 aliphatic heterocycles. The molecule has 0 bridgehead atoms. The molecule has 0 heterocycles. The van der Waals surface area contributed by atoms with Crippen LogP contribution in [0, 0.1) is 0 Å². The Morgan fingerprint density at radius 3 is 0.934 bits per heavy atom. The zero-order valence-corrected chi connectivity index (χ0v) is 40.9. The van der Waals surface area contributed by atoms with Gasteiger partial charge in [0.25, 0.3) is 0 Å². The van der Waals surface area contributed by atoms with Crippen molar-refractivity contribution in [2.45, 2.75) is 297 Å². The highest BCUT2D eigenvalue weighted by atomic mass is 16.6. The molecular weight excluding hydrogens is 757 g/mol. The van der Waals surface area contributed by atoms with E-state index in [1.54, 1.807) is 0 Å². The number of ether oxygens (including phenoxy) is 3. The third-order valence-corrected chi connectivity index (χ3v) is 12.0. The molecule has 1 unspecified atom stereocenters. The van der Waals surface area contributed by atoms with Gasteiger partial charge in [0, 0.05) is 19.3 Å². The molecule has 61 heavy (non-hydrogen) atoms. The van der Waals surface area contributed by atoms with E-state index in [1.807, 2.05) is 0 Å². The van der Waals surface area contributed by atoms with Crippen molar-refractivity contribution >= 4 is 17.9 Å². The summed E-state index contributed by atoms with van der Waals surface area (Å²) in [6.07, 6.45) is 57.7. The smallest absolute Gasteiger partial charge is 0.306 e. The maximum absolute atomic E-state index is 12.8. The molecule has 0 N–H and O–H groups in total. The van der Waals surface area contributed by atoms with Gasteiger partial charge in [-0.15, -0.1) is 0 Å². The van der Waals surface area contributed by atoms with Crippen molar-refractivity contribution in [1.29, 1.82) is 0 Å². The summed E-state index contributed by atoms with van der Waals surface area (Å²) in [6, 6.07) is 0. The van der Waals surface area contributed by atoms with E-state index in [0.29, 0.717) is 19.3 Å². The van der Waals surface area contributed by atoms with Crippen molar-refractivity contribution in [3.05, 3.63) is 24.3 Å². The molecule has 0 rings (SSSR count). The lowest BCUT2D eigenvalue weighted by Crippen LogP contribution is -2.30. The monoisotopic (exact) mass is 859 g/mol. The van der Waals surface area contributed by atoms with Crippen LogP contribution in [0.1, 0.15) is 290 Å². The van der Waals surface area contributed by atoms with Gasteiger partial charge in [0.1, 0.15) is 13.2 Å². The minimum Gasteiger partial charge on any atom is -0.462 e. The lowest BCUT2D eigenvalue weighted by Gasteiger charge is -2.18. The first-order chi connectivity index (χ1) is 30.0. The minimum atomic E-state index is -0.765. The molecule has 0 aromatic carbocycles. The highest BCUT2D eigenvalue weighted by molar-refractivity contribution is 5.71. The van der Waals surface area contributed by atoms with E-state index in [4.69, 9.17) is 14.2 Å². The average molecular weight is 859 g/mol. The molecule has 0 saturated carbocycles. The summed E-state index contributed by atoms with van der Waals surface area (Å²) in [5.74, 6) is -0.872. The van der Waals surface area contributed by atoms with E-state index in [1.165, 1.54) is 180 Å². The van der Waals surface area contributed by atoms with E-state index in [2.05, 4.69) is 45.1 Å². The summed E-state index contributed by atoms with van der Waals surface area (Å²) < 4.78 is 16.7. The number of hydrogen-bond donors (Lipinski definition) is 0. The molecule has 0 radical (unpaired) electrons. The molecule has 0 saturated heterocycles. The predicted octanol–water partition coefficient (Wildman–Crippen LogP) is 17.5. The number of carbonyl (C=O) groups is 3. The van der Waals surface area contributed by atoms with Crippen molar-refractivity contribution in [3.63, 3.8) is 0 Å². The molecule has 0 aliphatic carbocycles. The van der Waals surface area contributed by atoms with Gasteiger partial charge in [0.2, 0.25) is 0 Å². The normalized spacial score (nSPS) is 12.1. The maximum atomic E-state index is 12.8. The lowest BCUT2D eigenvalue weighted by atomic mass is 10.0. The van der Waals surface area contributed by atoms with Crippen molar-refractivity contribution < 1.29 is 28.6 Å². The van der Waals surface area contributed by atoms with Crippen LogP contribution in [0.15, 0.2) is 24.3 Å². The number of unbranched alkanes of at least 4 members (excludes halogenated alkanes) is 34. The maximum Gasteiger partial charge on any atom is 0.306 e. The predicted molar refractivity (Wildman–Crippen MR) is 261 cm³/mol. The van der Waals surface area contributed by atoms with E-state index in [0.717, 1.165) is 70.6 Å². The highest BCUT2D eigenvalue weighted by Gasteiger charge is 2.19. The second-order valence-corrected chi connectivity index (χ2v) is 18.2. The summed E-state index contributed by atoms with van der Waals surface area (Å²) in [6.45, 7) is 6.56. The SMILES string of the molecule is CCCCC/C=C\C/C=C\CCCCCCCCCCCC(=O)OCC(COC(=O)CCCCCCC)OC(=O)CCCCCCCCCCCCCCCCCCCCC. The zero-order chi connectivity index (χ0) is 44.4. The minimum absolute atomic E-state index is 0.0699. The Kier molecular flexibility index (Phi) is 48.8.